The van der Waals surface area contributed by atoms with E-state index in [0.717, 1.165) is 24.8 Å². The molecule has 2 aromatic rings. The van der Waals surface area contributed by atoms with Crippen LogP contribution in [0.15, 0.2) is 47.4 Å². The molecule has 7 heteroatoms. The van der Waals surface area contributed by atoms with E-state index in [1.165, 1.54) is 16.4 Å². The molecule has 0 saturated carbocycles. The van der Waals surface area contributed by atoms with Crippen LogP contribution in [-0.4, -0.2) is 37.5 Å². The molecule has 6 nitrogen and oxygen atoms in total. The highest BCUT2D eigenvalue weighted by Crippen LogP contribution is 2.25. The average molecular weight is 401 g/mol. The predicted molar refractivity (Wildman–Crippen MR) is 108 cm³/mol. The monoisotopic (exact) mass is 400 g/mol. The number of Topliss-reactive ketones (excluding diaryl/α,β-unsaturated/α-hetero) is 1. The fourth-order valence-corrected chi connectivity index (χ4v) is 4.71. The number of rotatable bonds is 5. The lowest BCUT2D eigenvalue weighted by Crippen LogP contribution is -2.35. The van der Waals surface area contributed by atoms with Gasteiger partial charge in [-0.1, -0.05) is 42.3 Å². The second-order valence-electron chi connectivity index (χ2n) is 7.09. The molecule has 148 valence electrons. The van der Waals surface area contributed by atoms with Gasteiger partial charge in [-0.25, -0.2) is 8.42 Å². The molecular weight excluding hydrogens is 376 g/mol. The number of benzene rings is 2. The summed E-state index contributed by atoms with van der Waals surface area (Å²) >= 11 is 0. The van der Waals surface area contributed by atoms with E-state index in [9.17, 15) is 18.0 Å². The van der Waals surface area contributed by atoms with E-state index < -0.39 is 21.7 Å². The van der Waals surface area contributed by atoms with Crippen LogP contribution in [0.2, 0.25) is 0 Å². The van der Waals surface area contributed by atoms with Crippen molar-refractivity contribution in [3.8, 4) is 0 Å². The molecule has 0 aromatic heterocycles. The van der Waals surface area contributed by atoms with Gasteiger partial charge in [0.05, 0.1) is 4.90 Å². The van der Waals surface area contributed by atoms with Crippen molar-refractivity contribution in [1.29, 1.82) is 0 Å². The second kappa shape index (κ2) is 8.24. The lowest BCUT2D eigenvalue weighted by molar-refractivity contribution is -0.112. The highest BCUT2D eigenvalue weighted by atomic mass is 32.2. The van der Waals surface area contributed by atoms with Gasteiger partial charge in [0.25, 0.3) is 11.7 Å². The van der Waals surface area contributed by atoms with Crippen molar-refractivity contribution in [1.82, 2.24) is 4.31 Å². The molecule has 0 spiro atoms. The Morgan fingerprint density at radius 2 is 1.57 bits per heavy atom. The molecule has 3 rings (SSSR count). The molecule has 1 fully saturated rings. The number of hydrogen-bond acceptors (Lipinski definition) is 4. The Balaban J connectivity index is 1.82. The van der Waals surface area contributed by atoms with E-state index in [0.29, 0.717) is 24.3 Å². The third-order valence-electron chi connectivity index (χ3n) is 4.93. The number of sulfonamides is 1. The number of anilines is 1. The molecule has 0 atom stereocenters. The third kappa shape index (κ3) is 4.31. The van der Waals surface area contributed by atoms with Crippen LogP contribution in [0.3, 0.4) is 0 Å². The molecule has 1 aliphatic rings. The van der Waals surface area contributed by atoms with E-state index in [1.54, 1.807) is 37.3 Å². The van der Waals surface area contributed by atoms with Crippen LogP contribution in [0.4, 0.5) is 5.69 Å². The maximum Gasteiger partial charge on any atom is 0.296 e. The average Bonchev–Trinajstić information content (AvgIpc) is 2.70. The number of carbonyl (C=O) groups is 2. The Labute approximate surface area is 165 Å². The first kappa shape index (κ1) is 20.2. The van der Waals surface area contributed by atoms with Gasteiger partial charge >= 0.3 is 0 Å². The summed E-state index contributed by atoms with van der Waals surface area (Å²) in [5, 5.41) is 2.57. The number of hydrogen-bond donors (Lipinski definition) is 1. The van der Waals surface area contributed by atoms with Crippen molar-refractivity contribution in [3.05, 3.63) is 59.2 Å². The molecule has 0 radical (unpaired) electrons. The van der Waals surface area contributed by atoms with Crippen molar-refractivity contribution in [2.75, 3.05) is 18.4 Å². The lowest BCUT2D eigenvalue weighted by Gasteiger charge is -2.26. The highest BCUT2D eigenvalue weighted by Gasteiger charge is 2.27. The van der Waals surface area contributed by atoms with Crippen molar-refractivity contribution in [3.63, 3.8) is 0 Å². The maximum atomic E-state index is 12.9. The summed E-state index contributed by atoms with van der Waals surface area (Å²) in [6, 6.07) is 11.3. The summed E-state index contributed by atoms with van der Waals surface area (Å²) in [5.74, 6) is -1.46. The summed E-state index contributed by atoms with van der Waals surface area (Å²) in [6.07, 6.45) is 2.72. The fraction of sp³-hybridized carbons (Fsp3) is 0.333. The van der Waals surface area contributed by atoms with Gasteiger partial charge in [-0.2, -0.15) is 4.31 Å². The van der Waals surface area contributed by atoms with Crippen LogP contribution in [0.5, 0.6) is 0 Å². The number of ketones is 1. The molecule has 0 bridgehead atoms. The first-order valence-electron chi connectivity index (χ1n) is 9.32. The minimum Gasteiger partial charge on any atom is -0.319 e. The van der Waals surface area contributed by atoms with Crippen LogP contribution in [0.25, 0.3) is 0 Å². The zero-order chi connectivity index (χ0) is 20.3. The Hall–Kier alpha value is -2.51. The SMILES string of the molecule is Cc1ccc(C(=O)C(=O)Nc2cc(S(=O)(=O)N3CCCCC3)ccc2C)cc1. The maximum absolute atomic E-state index is 12.9. The van der Waals surface area contributed by atoms with Crippen LogP contribution in [0.1, 0.15) is 40.7 Å². The Bertz CT molecular complexity index is 992. The van der Waals surface area contributed by atoms with Gasteiger partial charge in [0.2, 0.25) is 10.0 Å². The van der Waals surface area contributed by atoms with Crippen LogP contribution in [0, 0.1) is 13.8 Å². The van der Waals surface area contributed by atoms with Gasteiger partial charge in [0, 0.05) is 24.3 Å². The minimum absolute atomic E-state index is 0.123. The largest absolute Gasteiger partial charge is 0.319 e. The zero-order valence-electron chi connectivity index (χ0n) is 16.1. The summed E-state index contributed by atoms with van der Waals surface area (Å²) < 4.78 is 27.2. The Morgan fingerprint density at radius 3 is 2.21 bits per heavy atom. The molecule has 28 heavy (non-hydrogen) atoms. The quantitative estimate of drug-likeness (QED) is 0.617. The van der Waals surface area contributed by atoms with Crippen molar-refractivity contribution in [2.45, 2.75) is 38.0 Å². The molecule has 0 aliphatic carbocycles. The molecule has 1 heterocycles. The number of piperidine rings is 1. The van der Waals surface area contributed by atoms with E-state index in [2.05, 4.69) is 5.32 Å². The minimum atomic E-state index is -3.62. The van der Waals surface area contributed by atoms with E-state index in [4.69, 9.17) is 0 Å². The van der Waals surface area contributed by atoms with Crippen LogP contribution >= 0.6 is 0 Å². The zero-order valence-corrected chi connectivity index (χ0v) is 16.9. The van der Waals surface area contributed by atoms with Crippen molar-refractivity contribution >= 4 is 27.4 Å². The van der Waals surface area contributed by atoms with Crippen LogP contribution < -0.4 is 5.32 Å². The summed E-state index contributed by atoms with van der Waals surface area (Å²) in [5.41, 5.74) is 2.28. The second-order valence-corrected chi connectivity index (χ2v) is 9.03. The highest BCUT2D eigenvalue weighted by molar-refractivity contribution is 7.89. The van der Waals surface area contributed by atoms with Gasteiger partial charge in [-0.3, -0.25) is 9.59 Å². The standard InChI is InChI=1S/C21H24N2O4S/c1-15-6-9-17(10-7-15)20(24)21(25)22-19-14-18(11-8-16(19)2)28(26,27)23-12-4-3-5-13-23/h6-11,14H,3-5,12-13H2,1-2H3,(H,22,25). The van der Waals surface area contributed by atoms with Gasteiger partial charge in [-0.05, 0) is 44.4 Å². The predicted octanol–water partition coefficient (Wildman–Crippen LogP) is 3.30. The van der Waals surface area contributed by atoms with Crippen LogP contribution in [-0.2, 0) is 14.8 Å². The molecular formula is C21H24N2O4S. The van der Waals surface area contributed by atoms with Gasteiger partial charge in [0.15, 0.2) is 0 Å². The number of amides is 1. The number of nitrogens with zero attached hydrogens (tertiary/aromatic N) is 1. The molecule has 0 unspecified atom stereocenters. The number of nitrogens with one attached hydrogen (secondary N) is 1. The topological polar surface area (TPSA) is 83.5 Å². The number of carbonyl (C=O) groups excluding carboxylic acids is 2. The third-order valence-corrected chi connectivity index (χ3v) is 6.82. The van der Waals surface area contributed by atoms with Gasteiger partial charge < -0.3 is 5.32 Å². The molecule has 1 N–H and O–H groups in total. The van der Waals surface area contributed by atoms with Crippen molar-refractivity contribution < 1.29 is 18.0 Å². The van der Waals surface area contributed by atoms with E-state index >= 15 is 0 Å². The van der Waals surface area contributed by atoms with Crippen molar-refractivity contribution in [2.24, 2.45) is 0 Å². The lowest BCUT2D eigenvalue weighted by atomic mass is 10.1. The summed E-state index contributed by atoms with van der Waals surface area (Å²) in [4.78, 5) is 24.9. The first-order valence-corrected chi connectivity index (χ1v) is 10.8. The fourth-order valence-electron chi connectivity index (χ4n) is 3.17. The number of aryl methyl sites for hydroxylation is 2. The van der Waals surface area contributed by atoms with E-state index in [-0.39, 0.29) is 10.5 Å². The summed E-state index contributed by atoms with van der Waals surface area (Å²) in [7, 11) is -3.62. The molecule has 1 saturated heterocycles. The van der Waals surface area contributed by atoms with E-state index in [1.807, 2.05) is 6.92 Å². The molecule has 1 amide bonds. The Kier molecular flexibility index (Phi) is 5.96. The summed E-state index contributed by atoms with van der Waals surface area (Å²) in [6.45, 7) is 4.66. The van der Waals surface area contributed by atoms with Gasteiger partial charge in [0.1, 0.15) is 0 Å². The molecule has 1 aliphatic heterocycles. The molecule has 2 aromatic carbocycles. The first-order chi connectivity index (χ1) is 13.3. The normalized spacial score (nSPS) is 15.2. The Morgan fingerprint density at radius 1 is 0.929 bits per heavy atom. The smallest absolute Gasteiger partial charge is 0.296 e. The van der Waals surface area contributed by atoms with Gasteiger partial charge in [-0.15, -0.1) is 0 Å².